The first-order valence-corrected chi connectivity index (χ1v) is 30.5. The molecule has 2 aliphatic heterocycles. The molecular weight excluding hydrogens is 985 g/mol. The number of fused-ring (bicyclic) bond motifs is 4. The Hall–Kier alpha value is -9.23. The number of para-hydroxylation sites is 4. The molecule has 8 nitrogen and oxygen atoms in total. The zero-order chi connectivity index (χ0) is 52.2. The van der Waals surface area contributed by atoms with Gasteiger partial charge >= 0.3 is 0 Å². The van der Waals surface area contributed by atoms with E-state index in [1.807, 2.05) is 36.9 Å². The van der Waals surface area contributed by atoms with Crippen LogP contribution in [0.3, 0.4) is 0 Å². The molecule has 10 heteroatoms. The summed E-state index contributed by atoms with van der Waals surface area (Å²) < 4.78 is 0. The van der Waals surface area contributed by atoms with E-state index in [4.69, 9.17) is 39.9 Å². The monoisotopic (exact) mass is 1030 g/mol. The Bertz CT molecular complexity index is 4180. The second-order valence-electron chi connectivity index (χ2n) is 20.3. The lowest BCUT2D eigenvalue weighted by Gasteiger charge is -2.40. The quantitative estimate of drug-likeness (QED) is 0.118. The van der Waals surface area contributed by atoms with E-state index in [1.165, 1.54) is 11.1 Å². The molecular formula is C68H50N8Si2. The number of nitrogens with zero attached hydrogens (tertiary/aromatic N) is 8. The molecule has 0 spiro atoms. The van der Waals surface area contributed by atoms with Gasteiger partial charge in [-0.25, -0.2) is 39.9 Å². The van der Waals surface area contributed by atoms with E-state index in [0.29, 0.717) is 12.8 Å². The lowest BCUT2D eigenvalue weighted by Crippen LogP contribution is -2.44. The zero-order valence-electron chi connectivity index (χ0n) is 43.1. The third-order valence-corrected chi connectivity index (χ3v) is 22.6. The number of rotatable bonds is 11. The second kappa shape index (κ2) is 19.4. The van der Waals surface area contributed by atoms with E-state index >= 15 is 0 Å². The lowest BCUT2D eigenvalue weighted by atomic mass is 9.76. The van der Waals surface area contributed by atoms with Gasteiger partial charge in [0.05, 0.1) is 32.1 Å². The molecule has 0 N–H and O–H groups in total. The number of allylic oxidation sites excluding steroid dienone is 4. The van der Waals surface area contributed by atoms with E-state index in [2.05, 4.69) is 219 Å². The molecule has 370 valence electrons. The Morgan fingerprint density at radius 3 is 0.936 bits per heavy atom. The molecule has 0 aliphatic carbocycles. The molecule has 0 saturated heterocycles. The SMILES string of the molecule is C[Si]1=C(c2ncc3ccccc3n2)C(c2ccccc2)=C(c2ccccc2)C1(CCC1(c2ncc3ccccc3n2)C(c2ccccc2)=C(c2ccccc2)C(c2ncc3ccccc3n2)=[Si]1C)c1ncc2ccccc2n1. The summed E-state index contributed by atoms with van der Waals surface area (Å²) in [6, 6.07) is 76.9. The highest BCUT2D eigenvalue weighted by atomic mass is 28.2. The second-order valence-corrected chi connectivity index (χ2v) is 25.5. The molecule has 8 aromatic carbocycles. The van der Waals surface area contributed by atoms with Gasteiger partial charge in [0.25, 0.3) is 0 Å². The van der Waals surface area contributed by atoms with Gasteiger partial charge in [-0.3, -0.25) is 0 Å². The third kappa shape index (κ3) is 7.69. The summed E-state index contributed by atoms with van der Waals surface area (Å²) in [6.45, 7) is 4.93. The van der Waals surface area contributed by atoms with Gasteiger partial charge in [0.1, 0.15) is 11.6 Å². The van der Waals surface area contributed by atoms with E-state index in [0.717, 1.165) is 111 Å². The minimum absolute atomic E-state index is 0.621. The fourth-order valence-corrected chi connectivity index (χ4v) is 18.8. The molecule has 78 heavy (non-hydrogen) atoms. The largest absolute Gasteiger partial charge is 0.240 e. The van der Waals surface area contributed by atoms with E-state index < -0.39 is 26.9 Å². The van der Waals surface area contributed by atoms with E-state index in [9.17, 15) is 0 Å². The van der Waals surface area contributed by atoms with Crippen molar-refractivity contribution in [1.29, 1.82) is 0 Å². The Balaban J connectivity index is 1.13. The summed E-state index contributed by atoms with van der Waals surface area (Å²) in [5, 5.41) is 4.67. The van der Waals surface area contributed by atoms with Crippen LogP contribution in [0.25, 0.3) is 65.9 Å². The maximum atomic E-state index is 5.76. The van der Waals surface area contributed by atoms with Crippen molar-refractivity contribution in [3.8, 4) is 0 Å². The summed E-state index contributed by atoms with van der Waals surface area (Å²) in [7, 11) is -3.79. The van der Waals surface area contributed by atoms with Gasteiger partial charge in [0.2, 0.25) is 0 Å². The first-order chi connectivity index (χ1) is 38.5. The lowest BCUT2D eigenvalue weighted by molar-refractivity contribution is 0.534. The standard InChI is InChI=1S/C68H50N8Si2/c1-77-61(63-69-41-49-31-15-19-35-53(49)73-63)57(45-23-7-3-8-24-45)59(47-27-11-5-12-28-47)67(77,65-71-43-51-33-17-21-37-55(51)75-65)39-40-68(66-72-44-52-34-18-22-38-56(52)76-66)60(48-29-13-6-14-30-48)58(46-25-9-4-10-26-46)62(78(68)2)64-70-42-50-32-16-20-36-54(50)74-64/h3-38,41-44H,39-40H2,1-2H3. The summed E-state index contributed by atoms with van der Waals surface area (Å²) in [6.07, 6.45) is 9.28. The smallest absolute Gasteiger partial charge is 0.155 e. The Morgan fingerprint density at radius 2 is 0.590 bits per heavy atom. The molecule has 4 aromatic heterocycles. The van der Waals surface area contributed by atoms with Crippen LogP contribution in [0.15, 0.2) is 243 Å². The average molecular weight is 1040 g/mol. The highest BCUT2D eigenvalue weighted by Crippen LogP contribution is 2.57. The average Bonchev–Trinajstić information content (AvgIpc) is 3.85. The summed E-state index contributed by atoms with van der Waals surface area (Å²) >= 11 is 0. The molecule has 0 radical (unpaired) electrons. The molecule has 2 aliphatic rings. The molecule has 0 saturated carbocycles. The summed E-state index contributed by atoms with van der Waals surface area (Å²) in [5.74, 6) is 3.03. The predicted molar refractivity (Wildman–Crippen MR) is 322 cm³/mol. The molecule has 14 rings (SSSR count). The minimum atomic E-state index is -1.89. The number of hydrogen-bond acceptors (Lipinski definition) is 8. The van der Waals surface area contributed by atoms with Gasteiger partial charge in [-0.05, 0) is 81.7 Å². The minimum Gasteiger partial charge on any atom is -0.240 e. The van der Waals surface area contributed by atoms with Crippen LogP contribution in [0, 0.1) is 0 Å². The molecule has 12 aromatic rings. The van der Waals surface area contributed by atoms with Gasteiger partial charge < -0.3 is 0 Å². The van der Waals surface area contributed by atoms with Gasteiger partial charge in [-0.2, -0.15) is 0 Å². The van der Waals surface area contributed by atoms with Crippen LogP contribution >= 0.6 is 0 Å². The van der Waals surface area contributed by atoms with Crippen LogP contribution in [-0.2, 0) is 10.1 Å². The Labute approximate surface area is 455 Å². The Morgan fingerprint density at radius 1 is 0.308 bits per heavy atom. The molecule has 2 atom stereocenters. The normalized spacial score (nSPS) is 17.6. The summed E-state index contributed by atoms with van der Waals surface area (Å²) in [4.78, 5) is 44.3. The van der Waals surface area contributed by atoms with Crippen molar-refractivity contribution >= 4 is 93.1 Å². The van der Waals surface area contributed by atoms with E-state index in [1.54, 1.807) is 0 Å². The fraction of sp³-hybridized carbons (Fsp3) is 0.0882. The molecule has 0 amide bonds. The molecule has 2 unspecified atom stereocenters. The third-order valence-electron chi connectivity index (χ3n) is 16.2. The van der Waals surface area contributed by atoms with Crippen LogP contribution in [0.5, 0.6) is 0 Å². The van der Waals surface area contributed by atoms with Gasteiger partial charge in [-0.15, -0.1) is 0 Å². The number of hydrogen-bond donors (Lipinski definition) is 0. The highest BCUT2D eigenvalue weighted by molar-refractivity contribution is 6.88. The van der Waals surface area contributed by atoms with Gasteiger partial charge in [-0.1, -0.05) is 207 Å². The van der Waals surface area contributed by atoms with Crippen LogP contribution in [0.1, 0.15) is 58.4 Å². The zero-order valence-corrected chi connectivity index (χ0v) is 45.1. The van der Waals surface area contributed by atoms with Crippen molar-refractivity contribution in [3.63, 3.8) is 0 Å². The van der Waals surface area contributed by atoms with Gasteiger partial charge in [0.15, 0.2) is 11.6 Å². The van der Waals surface area contributed by atoms with Crippen molar-refractivity contribution in [1.82, 2.24) is 39.9 Å². The van der Waals surface area contributed by atoms with Crippen molar-refractivity contribution in [3.05, 3.63) is 289 Å². The predicted octanol–water partition coefficient (Wildman–Crippen LogP) is 13.6. The first kappa shape index (κ1) is 47.2. The van der Waals surface area contributed by atoms with Gasteiger partial charge in [0, 0.05) is 73.5 Å². The maximum Gasteiger partial charge on any atom is 0.155 e. The van der Waals surface area contributed by atoms with Crippen molar-refractivity contribution in [2.45, 2.75) is 36.0 Å². The highest BCUT2D eigenvalue weighted by Gasteiger charge is 2.56. The fourth-order valence-electron chi connectivity index (χ4n) is 12.5. The number of benzene rings is 8. The molecule has 0 fully saturated rings. The van der Waals surface area contributed by atoms with Crippen LogP contribution < -0.4 is 0 Å². The van der Waals surface area contributed by atoms with E-state index in [-0.39, 0.29) is 0 Å². The van der Waals surface area contributed by atoms with Crippen molar-refractivity contribution in [2.24, 2.45) is 0 Å². The first-order valence-electron chi connectivity index (χ1n) is 26.5. The molecule has 6 heterocycles. The number of aromatic nitrogens is 8. The molecule has 0 bridgehead atoms. The maximum absolute atomic E-state index is 5.76. The van der Waals surface area contributed by atoms with Crippen molar-refractivity contribution in [2.75, 3.05) is 0 Å². The van der Waals surface area contributed by atoms with Crippen LogP contribution in [0.2, 0.25) is 13.1 Å². The van der Waals surface area contributed by atoms with Crippen LogP contribution in [-0.4, -0.2) is 67.0 Å². The summed E-state index contributed by atoms with van der Waals surface area (Å²) in [5.41, 5.74) is 12.7. The topological polar surface area (TPSA) is 103 Å². The van der Waals surface area contributed by atoms with Crippen molar-refractivity contribution < 1.29 is 0 Å². The Kier molecular flexibility index (Phi) is 11.8. The van der Waals surface area contributed by atoms with Crippen LogP contribution in [0.4, 0.5) is 0 Å².